The number of unbranched alkanes of at least 4 members (excludes halogenated alkanes) is 1. The number of amides is 1. The third-order valence-corrected chi connectivity index (χ3v) is 3.14. The van der Waals surface area contributed by atoms with E-state index in [-0.39, 0.29) is 11.5 Å². The number of benzene rings is 1. The molecule has 0 radical (unpaired) electrons. The number of methoxy groups -OCH3 is 1. The fraction of sp³-hybridized carbons (Fsp3) is 0.412. The van der Waals surface area contributed by atoms with Crippen molar-refractivity contribution in [2.24, 2.45) is 0 Å². The summed E-state index contributed by atoms with van der Waals surface area (Å²) in [6.07, 6.45) is 4.20. The molecule has 0 bridgehead atoms. The molecule has 0 aliphatic carbocycles. The van der Waals surface area contributed by atoms with Crippen molar-refractivity contribution in [1.82, 2.24) is 10.6 Å². The minimum absolute atomic E-state index is 0.103. The van der Waals surface area contributed by atoms with Gasteiger partial charge < -0.3 is 15.4 Å². The van der Waals surface area contributed by atoms with Gasteiger partial charge >= 0.3 is 0 Å². The Balaban J connectivity index is 2.38. The lowest BCUT2D eigenvalue weighted by Gasteiger charge is -2.05. The summed E-state index contributed by atoms with van der Waals surface area (Å²) >= 11 is 0. The van der Waals surface area contributed by atoms with Gasteiger partial charge in [-0.05, 0) is 30.5 Å². The van der Waals surface area contributed by atoms with Crippen molar-refractivity contribution in [3.8, 4) is 11.8 Å². The first-order valence-electron chi connectivity index (χ1n) is 7.46. The fourth-order valence-corrected chi connectivity index (χ4v) is 1.81. The maximum absolute atomic E-state index is 11.7. The molecule has 0 aliphatic rings. The van der Waals surface area contributed by atoms with Crippen LogP contribution < -0.4 is 15.4 Å². The summed E-state index contributed by atoms with van der Waals surface area (Å²) < 4.78 is 5.10. The van der Waals surface area contributed by atoms with E-state index in [1.165, 1.54) is 6.20 Å². The molecule has 118 valence electrons. The highest BCUT2D eigenvalue weighted by atomic mass is 16.5. The molecule has 5 nitrogen and oxygen atoms in total. The van der Waals surface area contributed by atoms with Gasteiger partial charge in [0.1, 0.15) is 17.4 Å². The summed E-state index contributed by atoms with van der Waals surface area (Å²) in [7, 11) is 1.64. The molecule has 0 saturated heterocycles. The van der Waals surface area contributed by atoms with E-state index in [4.69, 9.17) is 10.00 Å². The summed E-state index contributed by atoms with van der Waals surface area (Å²) in [5.74, 6) is 0.500. The second kappa shape index (κ2) is 10.3. The molecule has 5 heteroatoms. The second-order valence-corrected chi connectivity index (χ2v) is 4.83. The van der Waals surface area contributed by atoms with E-state index in [2.05, 4.69) is 10.6 Å². The smallest absolute Gasteiger partial charge is 0.263 e. The lowest BCUT2D eigenvalue weighted by molar-refractivity contribution is -0.117. The molecule has 0 aromatic heterocycles. The van der Waals surface area contributed by atoms with Crippen LogP contribution in [0.2, 0.25) is 0 Å². The highest BCUT2D eigenvalue weighted by Crippen LogP contribution is 2.11. The Morgan fingerprint density at radius 3 is 2.64 bits per heavy atom. The van der Waals surface area contributed by atoms with Crippen LogP contribution in [-0.4, -0.2) is 26.1 Å². The number of nitriles is 1. The van der Waals surface area contributed by atoms with Crippen molar-refractivity contribution in [1.29, 1.82) is 5.26 Å². The molecular formula is C17H23N3O2. The Kier molecular flexibility index (Phi) is 8.21. The zero-order valence-corrected chi connectivity index (χ0v) is 13.2. The number of hydrogen-bond donors (Lipinski definition) is 2. The van der Waals surface area contributed by atoms with Crippen LogP contribution in [0.15, 0.2) is 36.0 Å². The molecule has 1 rings (SSSR count). The molecule has 0 atom stereocenters. The van der Waals surface area contributed by atoms with Gasteiger partial charge in [0.25, 0.3) is 5.91 Å². The summed E-state index contributed by atoms with van der Waals surface area (Å²) in [6, 6.07) is 9.72. The van der Waals surface area contributed by atoms with Crippen molar-refractivity contribution < 1.29 is 9.53 Å². The molecule has 0 saturated carbocycles. The normalized spacial score (nSPS) is 10.7. The molecule has 0 fully saturated rings. The van der Waals surface area contributed by atoms with E-state index in [0.29, 0.717) is 13.1 Å². The Labute approximate surface area is 132 Å². The summed E-state index contributed by atoms with van der Waals surface area (Å²) in [6.45, 7) is 3.30. The Morgan fingerprint density at radius 1 is 1.32 bits per heavy atom. The van der Waals surface area contributed by atoms with Crippen molar-refractivity contribution in [2.75, 3.05) is 20.2 Å². The van der Waals surface area contributed by atoms with Crippen LogP contribution in [0.25, 0.3) is 0 Å². The summed E-state index contributed by atoms with van der Waals surface area (Å²) in [4.78, 5) is 11.7. The Bertz CT molecular complexity index is 530. The van der Waals surface area contributed by atoms with Gasteiger partial charge in [0.2, 0.25) is 0 Å². The van der Waals surface area contributed by atoms with Gasteiger partial charge in [0.15, 0.2) is 0 Å². The monoisotopic (exact) mass is 301 g/mol. The molecule has 0 spiro atoms. The number of carbonyl (C=O) groups excluding carboxylic acids is 1. The average molecular weight is 301 g/mol. The third kappa shape index (κ3) is 6.31. The van der Waals surface area contributed by atoms with Crippen LogP contribution in [0, 0.1) is 11.3 Å². The largest absolute Gasteiger partial charge is 0.497 e. The zero-order chi connectivity index (χ0) is 16.2. The highest BCUT2D eigenvalue weighted by Gasteiger charge is 2.07. The van der Waals surface area contributed by atoms with E-state index in [1.54, 1.807) is 7.11 Å². The Hall–Kier alpha value is -2.48. The van der Waals surface area contributed by atoms with E-state index < -0.39 is 0 Å². The lowest BCUT2D eigenvalue weighted by Crippen LogP contribution is -2.26. The van der Waals surface area contributed by atoms with Crippen LogP contribution >= 0.6 is 0 Å². The van der Waals surface area contributed by atoms with Gasteiger partial charge in [-0.15, -0.1) is 0 Å². The number of nitrogens with zero attached hydrogens (tertiary/aromatic N) is 1. The first-order valence-corrected chi connectivity index (χ1v) is 7.46. The zero-order valence-electron chi connectivity index (χ0n) is 13.2. The number of nitrogens with one attached hydrogen (secondary N) is 2. The third-order valence-electron chi connectivity index (χ3n) is 3.14. The number of hydrogen-bond acceptors (Lipinski definition) is 4. The minimum atomic E-state index is -0.326. The molecule has 1 aromatic rings. The molecule has 0 heterocycles. The van der Waals surface area contributed by atoms with Crippen molar-refractivity contribution in [3.63, 3.8) is 0 Å². The van der Waals surface area contributed by atoms with E-state index in [9.17, 15) is 4.79 Å². The van der Waals surface area contributed by atoms with Gasteiger partial charge in [0, 0.05) is 19.3 Å². The summed E-state index contributed by atoms with van der Waals surface area (Å²) in [5.41, 5.74) is 1.26. The highest BCUT2D eigenvalue weighted by molar-refractivity contribution is 5.97. The molecular weight excluding hydrogens is 278 g/mol. The number of carbonyl (C=O) groups is 1. The number of ether oxygens (including phenoxy) is 1. The fourth-order valence-electron chi connectivity index (χ4n) is 1.81. The SMILES string of the molecule is CCCCNC(=O)/C(C#N)=C\NCCc1ccc(OC)cc1. The molecule has 1 aromatic carbocycles. The maximum Gasteiger partial charge on any atom is 0.263 e. The van der Waals surface area contributed by atoms with E-state index in [1.807, 2.05) is 37.3 Å². The van der Waals surface area contributed by atoms with Crippen LogP contribution in [0.5, 0.6) is 5.75 Å². The Morgan fingerprint density at radius 2 is 2.05 bits per heavy atom. The van der Waals surface area contributed by atoms with E-state index >= 15 is 0 Å². The first-order chi connectivity index (χ1) is 10.7. The van der Waals surface area contributed by atoms with Crippen LogP contribution in [0.3, 0.4) is 0 Å². The van der Waals surface area contributed by atoms with Crippen molar-refractivity contribution in [2.45, 2.75) is 26.2 Å². The second-order valence-electron chi connectivity index (χ2n) is 4.83. The molecule has 0 unspecified atom stereocenters. The van der Waals surface area contributed by atoms with Crippen LogP contribution in [-0.2, 0) is 11.2 Å². The van der Waals surface area contributed by atoms with Gasteiger partial charge in [-0.3, -0.25) is 4.79 Å². The maximum atomic E-state index is 11.7. The number of rotatable bonds is 9. The van der Waals surface area contributed by atoms with Crippen molar-refractivity contribution in [3.05, 3.63) is 41.6 Å². The topological polar surface area (TPSA) is 74.2 Å². The van der Waals surface area contributed by atoms with Gasteiger partial charge in [-0.1, -0.05) is 25.5 Å². The van der Waals surface area contributed by atoms with Crippen LogP contribution in [0.1, 0.15) is 25.3 Å². The summed E-state index contributed by atoms with van der Waals surface area (Å²) in [5, 5.41) is 14.7. The quantitative estimate of drug-likeness (QED) is 0.416. The molecule has 0 aliphatic heterocycles. The predicted molar refractivity (Wildman–Crippen MR) is 86.3 cm³/mol. The molecule has 2 N–H and O–H groups in total. The first kappa shape index (κ1) is 17.6. The van der Waals surface area contributed by atoms with Gasteiger partial charge in [-0.2, -0.15) is 5.26 Å². The lowest BCUT2D eigenvalue weighted by atomic mass is 10.1. The average Bonchev–Trinajstić information content (AvgIpc) is 2.55. The molecule has 22 heavy (non-hydrogen) atoms. The predicted octanol–water partition coefficient (Wildman–Crippen LogP) is 2.15. The van der Waals surface area contributed by atoms with E-state index in [0.717, 1.165) is 30.6 Å². The van der Waals surface area contributed by atoms with Crippen molar-refractivity contribution >= 4 is 5.91 Å². The van der Waals surface area contributed by atoms with Gasteiger partial charge in [-0.25, -0.2) is 0 Å². The standard InChI is InChI=1S/C17H23N3O2/c1-3-4-10-20-17(21)15(12-18)13-19-11-9-14-5-7-16(22-2)8-6-14/h5-8,13,19H,3-4,9-11H2,1-2H3,(H,20,21)/b15-13-. The van der Waals surface area contributed by atoms with Gasteiger partial charge in [0.05, 0.1) is 7.11 Å². The molecule has 1 amide bonds. The minimum Gasteiger partial charge on any atom is -0.497 e. The van der Waals surface area contributed by atoms with Crippen LogP contribution in [0.4, 0.5) is 0 Å².